The van der Waals surface area contributed by atoms with Gasteiger partial charge in [0.2, 0.25) is 0 Å². The first kappa shape index (κ1) is 8.45. The van der Waals surface area contributed by atoms with Crippen LogP contribution in [-0.4, -0.2) is 7.11 Å². The molecular weight excluding hydrogens is 164 g/mol. The third kappa shape index (κ3) is 1.49. The van der Waals surface area contributed by atoms with Gasteiger partial charge in [0.25, 0.3) is 0 Å². The first-order valence-corrected chi connectivity index (χ1v) is 4.47. The molecule has 1 aromatic carbocycles. The van der Waals surface area contributed by atoms with E-state index in [0.717, 1.165) is 18.4 Å². The van der Waals surface area contributed by atoms with Crippen LogP contribution in [0.15, 0.2) is 29.1 Å². The van der Waals surface area contributed by atoms with Crippen LogP contribution in [0.4, 0.5) is 0 Å². The van der Waals surface area contributed by atoms with Gasteiger partial charge in [0.1, 0.15) is 0 Å². The largest absolute Gasteiger partial charge is 0.377 e. The van der Waals surface area contributed by atoms with E-state index in [2.05, 4.69) is 0 Å². The monoisotopic (exact) mass is 176 g/mol. The van der Waals surface area contributed by atoms with Gasteiger partial charge in [0, 0.05) is 7.11 Å². The van der Waals surface area contributed by atoms with Crippen LogP contribution in [0.5, 0.6) is 0 Å². The Morgan fingerprint density at radius 3 is 3.08 bits per heavy atom. The average Bonchev–Trinajstić information content (AvgIpc) is 2.39. The topological polar surface area (TPSA) is 26.3 Å². The fourth-order valence-corrected chi connectivity index (χ4v) is 1.86. The van der Waals surface area contributed by atoms with Gasteiger partial charge >= 0.3 is 0 Å². The normalized spacial score (nSPS) is 19.9. The molecule has 1 aromatic rings. The predicted octanol–water partition coefficient (Wildman–Crippen LogP) is 1.68. The maximum atomic E-state index is 11.2. The Morgan fingerprint density at radius 1 is 1.46 bits per heavy atom. The van der Waals surface area contributed by atoms with Gasteiger partial charge in [-0.1, -0.05) is 12.1 Å². The summed E-state index contributed by atoms with van der Waals surface area (Å²) in [7, 11) is 1.69. The van der Waals surface area contributed by atoms with Gasteiger partial charge in [0.15, 0.2) is 5.43 Å². The highest BCUT2D eigenvalue weighted by Crippen LogP contribution is 2.31. The van der Waals surface area contributed by atoms with Gasteiger partial charge in [-0.15, -0.1) is 0 Å². The number of rotatable bonds is 1. The van der Waals surface area contributed by atoms with Crippen LogP contribution in [-0.2, 0) is 11.2 Å². The molecule has 2 rings (SSSR count). The Hall–Kier alpha value is -1.15. The molecule has 0 N–H and O–H groups in total. The molecule has 1 atom stereocenters. The molecule has 1 unspecified atom stereocenters. The van der Waals surface area contributed by atoms with Gasteiger partial charge in [0.05, 0.1) is 6.10 Å². The van der Waals surface area contributed by atoms with Crippen LogP contribution in [0.3, 0.4) is 0 Å². The zero-order valence-corrected chi connectivity index (χ0v) is 7.62. The number of fused-ring (bicyclic) bond motifs is 1. The van der Waals surface area contributed by atoms with Crippen molar-refractivity contribution in [2.24, 2.45) is 0 Å². The zero-order chi connectivity index (χ0) is 9.26. The summed E-state index contributed by atoms with van der Waals surface area (Å²) in [4.78, 5) is 11.2. The lowest BCUT2D eigenvalue weighted by atomic mass is 10.2. The highest BCUT2D eigenvalue weighted by Gasteiger charge is 2.20. The van der Waals surface area contributed by atoms with Crippen LogP contribution in [0.1, 0.15) is 23.7 Å². The molecule has 0 bridgehead atoms. The van der Waals surface area contributed by atoms with Crippen molar-refractivity contribution in [2.75, 3.05) is 7.11 Å². The van der Waals surface area contributed by atoms with E-state index in [-0.39, 0.29) is 11.5 Å². The third-order valence-electron chi connectivity index (χ3n) is 2.53. The molecule has 0 aromatic heterocycles. The van der Waals surface area contributed by atoms with Crippen molar-refractivity contribution in [3.63, 3.8) is 0 Å². The van der Waals surface area contributed by atoms with E-state index in [1.165, 1.54) is 5.56 Å². The van der Waals surface area contributed by atoms with E-state index < -0.39 is 0 Å². The second kappa shape index (κ2) is 3.30. The number of hydrogen-bond donors (Lipinski definition) is 0. The van der Waals surface area contributed by atoms with Gasteiger partial charge in [-0.2, -0.15) is 0 Å². The van der Waals surface area contributed by atoms with E-state index in [4.69, 9.17) is 4.74 Å². The van der Waals surface area contributed by atoms with Crippen LogP contribution in [0.25, 0.3) is 0 Å². The molecule has 0 aliphatic heterocycles. The minimum Gasteiger partial charge on any atom is -0.377 e. The first-order chi connectivity index (χ1) is 6.31. The molecule has 68 valence electrons. The molecule has 0 spiro atoms. The summed E-state index contributed by atoms with van der Waals surface area (Å²) in [5.74, 6) is 0. The van der Waals surface area contributed by atoms with Crippen LogP contribution < -0.4 is 5.43 Å². The molecule has 0 saturated carbocycles. The van der Waals surface area contributed by atoms with E-state index in [1.54, 1.807) is 19.2 Å². The molecule has 0 heterocycles. The number of hydrogen-bond acceptors (Lipinski definition) is 2. The smallest absolute Gasteiger partial charge is 0.179 e. The maximum absolute atomic E-state index is 11.2. The van der Waals surface area contributed by atoms with Gasteiger partial charge in [-0.05, 0) is 36.1 Å². The Bertz CT molecular complexity index is 371. The Labute approximate surface area is 77.2 Å². The average molecular weight is 176 g/mol. The summed E-state index contributed by atoms with van der Waals surface area (Å²) in [6, 6.07) is 7.11. The molecule has 13 heavy (non-hydrogen) atoms. The molecule has 0 amide bonds. The van der Waals surface area contributed by atoms with Crippen molar-refractivity contribution in [3.8, 4) is 0 Å². The van der Waals surface area contributed by atoms with Gasteiger partial charge in [-0.3, -0.25) is 4.79 Å². The minimum atomic E-state index is 0.0604. The van der Waals surface area contributed by atoms with E-state index in [9.17, 15) is 4.79 Å². The predicted molar refractivity (Wildman–Crippen MR) is 50.8 cm³/mol. The van der Waals surface area contributed by atoms with Crippen molar-refractivity contribution in [3.05, 3.63) is 45.6 Å². The molecule has 0 fully saturated rings. The highest BCUT2D eigenvalue weighted by molar-refractivity contribution is 5.32. The first-order valence-electron chi connectivity index (χ1n) is 4.47. The lowest BCUT2D eigenvalue weighted by Gasteiger charge is -2.06. The van der Waals surface area contributed by atoms with Gasteiger partial charge < -0.3 is 4.74 Å². The van der Waals surface area contributed by atoms with Crippen molar-refractivity contribution in [1.29, 1.82) is 0 Å². The Kier molecular flexibility index (Phi) is 2.15. The zero-order valence-electron chi connectivity index (χ0n) is 7.62. The molecule has 1 aliphatic carbocycles. The number of aryl methyl sites for hydroxylation is 1. The van der Waals surface area contributed by atoms with Crippen molar-refractivity contribution in [2.45, 2.75) is 18.9 Å². The fourth-order valence-electron chi connectivity index (χ4n) is 1.86. The minimum absolute atomic E-state index is 0.0604. The van der Waals surface area contributed by atoms with Crippen LogP contribution in [0.2, 0.25) is 0 Å². The van der Waals surface area contributed by atoms with Gasteiger partial charge in [-0.25, -0.2) is 0 Å². The summed E-state index contributed by atoms with van der Waals surface area (Å²) in [5.41, 5.74) is 2.37. The fraction of sp³-hybridized carbons (Fsp3) is 0.364. The summed E-state index contributed by atoms with van der Waals surface area (Å²) in [6.45, 7) is 0. The standard InChI is InChI=1S/C11H12O2/c1-13-11-6-5-8-3-2-4-9(12)7-10(8)11/h2-4,7,11H,5-6H2,1H3. The lowest BCUT2D eigenvalue weighted by molar-refractivity contribution is 0.105. The second-order valence-corrected chi connectivity index (χ2v) is 3.32. The summed E-state index contributed by atoms with van der Waals surface area (Å²) >= 11 is 0. The number of ether oxygens (including phenoxy) is 1. The second-order valence-electron chi connectivity index (χ2n) is 3.32. The highest BCUT2D eigenvalue weighted by atomic mass is 16.5. The van der Waals surface area contributed by atoms with Crippen LogP contribution in [0, 0.1) is 0 Å². The van der Waals surface area contributed by atoms with Crippen molar-refractivity contribution >= 4 is 0 Å². The van der Waals surface area contributed by atoms with E-state index in [0.29, 0.717) is 0 Å². The lowest BCUT2D eigenvalue weighted by Crippen LogP contribution is -1.99. The molecule has 2 nitrogen and oxygen atoms in total. The summed E-state index contributed by atoms with van der Waals surface area (Å²) in [6.07, 6.45) is 2.13. The molecule has 2 heteroatoms. The summed E-state index contributed by atoms with van der Waals surface area (Å²) in [5, 5.41) is 0. The summed E-state index contributed by atoms with van der Waals surface area (Å²) < 4.78 is 5.30. The van der Waals surface area contributed by atoms with Crippen molar-refractivity contribution in [1.82, 2.24) is 0 Å². The molecular formula is C11H12O2. The third-order valence-corrected chi connectivity index (χ3v) is 2.53. The molecule has 1 aliphatic rings. The maximum Gasteiger partial charge on any atom is 0.179 e. The molecule has 0 radical (unpaired) electrons. The molecule has 0 saturated heterocycles. The SMILES string of the molecule is COC1CCc2cccc(=O)cc21. The van der Waals surface area contributed by atoms with Crippen LogP contribution >= 0.6 is 0 Å². The Balaban J connectivity index is 2.57. The number of methoxy groups -OCH3 is 1. The Morgan fingerprint density at radius 2 is 2.31 bits per heavy atom. The van der Waals surface area contributed by atoms with E-state index in [1.807, 2.05) is 12.1 Å². The van der Waals surface area contributed by atoms with Crippen molar-refractivity contribution < 1.29 is 4.74 Å². The quantitative estimate of drug-likeness (QED) is 0.650. The van der Waals surface area contributed by atoms with E-state index >= 15 is 0 Å².